The molecule has 1 heterocycles. The van der Waals surface area contributed by atoms with E-state index in [-0.39, 0.29) is 5.97 Å². The summed E-state index contributed by atoms with van der Waals surface area (Å²) >= 11 is 1.96. The molecule has 0 aromatic heterocycles. The van der Waals surface area contributed by atoms with E-state index in [9.17, 15) is 4.79 Å². The number of carbonyl (C=O) groups excluding carboxylic acids is 1. The van der Waals surface area contributed by atoms with E-state index in [1.54, 1.807) is 0 Å². The largest absolute Gasteiger partial charge is 0.465 e. The number of carbonyl (C=O) groups is 1. The standard InChI is InChI=1S/C12H15NO2S/c1-15-12(14)10-4-2-9(3-5-10)11-8-16-7-6-13-11/h2-5,11,13H,6-8H2,1H3/t11-/m1/s1. The third-order valence-electron chi connectivity index (χ3n) is 2.66. The van der Waals surface area contributed by atoms with Gasteiger partial charge >= 0.3 is 5.97 Å². The zero-order chi connectivity index (χ0) is 11.4. The van der Waals surface area contributed by atoms with E-state index in [2.05, 4.69) is 10.1 Å². The lowest BCUT2D eigenvalue weighted by Gasteiger charge is -2.23. The van der Waals surface area contributed by atoms with Crippen LogP contribution in [-0.4, -0.2) is 31.1 Å². The molecule has 1 saturated heterocycles. The molecule has 0 radical (unpaired) electrons. The molecule has 3 nitrogen and oxygen atoms in total. The number of ether oxygens (including phenoxy) is 1. The monoisotopic (exact) mass is 237 g/mol. The second-order valence-corrected chi connectivity index (χ2v) is 4.85. The van der Waals surface area contributed by atoms with E-state index in [0.717, 1.165) is 12.3 Å². The van der Waals surface area contributed by atoms with E-state index < -0.39 is 0 Å². The molecule has 0 bridgehead atoms. The molecule has 0 saturated carbocycles. The van der Waals surface area contributed by atoms with Gasteiger partial charge in [-0.25, -0.2) is 4.79 Å². The number of thioether (sulfide) groups is 1. The van der Waals surface area contributed by atoms with E-state index in [1.807, 2.05) is 36.0 Å². The lowest BCUT2D eigenvalue weighted by molar-refractivity contribution is 0.0600. The molecule has 1 atom stereocenters. The summed E-state index contributed by atoms with van der Waals surface area (Å²) in [5.74, 6) is 1.99. The fraction of sp³-hybridized carbons (Fsp3) is 0.417. The molecule has 0 aliphatic carbocycles. The highest BCUT2D eigenvalue weighted by Crippen LogP contribution is 2.22. The van der Waals surface area contributed by atoms with Gasteiger partial charge in [-0.1, -0.05) is 12.1 Å². The van der Waals surface area contributed by atoms with Crippen LogP contribution in [0.15, 0.2) is 24.3 Å². The van der Waals surface area contributed by atoms with Crippen molar-refractivity contribution in [1.82, 2.24) is 5.32 Å². The average molecular weight is 237 g/mol. The first-order valence-corrected chi connectivity index (χ1v) is 6.46. The number of hydrogen-bond donors (Lipinski definition) is 1. The highest BCUT2D eigenvalue weighted by Gasteiger charge is 2.15. The number of esters is 1. The first-order valence-electron chi connectivity index (χ1n) is 5.30. The third kappa shape index (κ3) is 2.57. The molecule has 0 amide bonds. The Morgan fingerprint density at radius 2 is 2.19 bits per heavy atom. The molecule has 1 aliphatic rings. The van der Waals surface area contributed by atoms with Gasteiger partial charge in [0.25, 0.3) is 0 Å². The molecule has 1 aromatic carbocycles. The molecular formula is C12H15NO2S. The van der Waals surface area contributed by atoms with Crippen molar-refractivity contribution in [2.24, 2.45) is 0 Å². The zero-order valence-corrected chi connectivity index (χ0v) is 10.0. The van der Waals surface area contributed by atoms with E-state index in [0.29, 0.717) is 11.6 Å². The summed E-state index contributed by atoms with van der Waals surface area (Å²) in [6.07, 6.45) is 0. The van der Waals surface area contributed by atoms with Crippen molar-refractivity contribution in [3.8, 4) is 0 Å². The van der Waals surface area contributed by atoms with Gasteiger partial charge in [-0.2, -0.15) is 11.8 Å². The molecule has 16 heavy (non-hydrogen) atoms. The maximum atomic E-state index is 11.3. The highest BCUT2D eigenvalue weighted by molar-refractivity contribution is 7.99. The Kier molecular flexibility index (Phi) is 3.85. The second kappa shape index (κ2) is 5.37. The number of methoxy groups -OCH3 is 1. The van der Waals surface area contributed by atoms with Crippen molar-refractivity contribution in [3.63, 3.8) is 0 Å². The minimum Gasteiger partial charge on any atom is -0.465 e. The Bertz CT molecular complexity index is 358. The van der Waals surface area contributed by atoms with Gasteiger partial charge in [0.1, 0.15) is 0 Å². The van der Waals surface area contributed by atoms with Gasteiger partial charge in [0.2, 0.25) is 0 Å². The van der Waals surface area contributed by atoms with Crippen molar-refractivity contribution >= 4 is 17.7 Å². The van der Waals surface area contributed by atoms with Crippen LogP contribution in [-0.2, 0) is 4.74 Å². The molecule has 1 aromatic rings. The molecule has 1 aliphatic heterocycles. The van der Waals surface area contributed by atoms with Crippen LogP contribution >= 0.6 is 11.8 Å². The zero-order valence-electron chi connectivity index (χ0n) is 9.23. The van der Waals surface area contributed by atoms with Crippen molar-refractivity contribution in [1.29, 1.82) is 0 Å². The normalized spacial score (nSPS) is 20.4. The fourth-order valence-corrected chi connectivity index (χ4v) is 2.72. The van der Waals surface area contributed by atoms with E-state index >= 15 is 0 Å². The molecular weight excluding hydrogens is 222 g/mol. The number of nitrogens with one attached hydrogen (secondary N) is 1. The number of benzene rings is 1. The van der Waals surface area contributed by atoms with Crippen molar-refractivity contribution in [2.75, 3.05) is 25.2 Å². The molecule has 2 rings (SSSR count). The summed E-state index contributed by atoms with van der Waals surface area (Å²) < 4.78 is 4.66. The van der Waals surface area contributed by atoms with Crippen molar-refractivity contribution in [2.45, 2.75) is 6.04 Å². The molecule has 1 fully saturated rings. The molecule has 86 valence electrons. The molecule has 0 spiro atoms. The Balaban J connectivity index is 2.09. The smallest absolute Gasteiger partial charge is 0.337 e. The predicted molar refractivity (Wildman–Crippen MR) is 65.9 cm³/mol. The SMILES string of the molecule is COC(=O)c1ccc([C@H]2CSCCN2)cc1. The maximum Gasteiger partial charge on any atom is 0.337 e. The molecule has 0 unspecified atom stereocenters. The van der Waals surface area contributed by atoms with Gasteiger partial charge in [0, 0.05) is 24.1 Å². The topological polar surface area (TPSA) is 38.3 Å². The third-order valence-corrected chi connectivity index (χ3v) is 3.72. The molecule has 4 heteroatoms. The minimum absolute atomic E-state index is 0.280. The Morgan fingerprint density at radius 1 is 1.44 bits per heavy atom. The van der Waals surface area contributed by atoms with Crippen LogP contribution in [0, 0.1) is 0 Å². The van der Waals surface area contributed by atoms with Crippen LogP contribution in [0.1, 0.15) is 22.0 Å². The second-order valence-electron chi connectivity index (χ2n) is 3.70. The highest BCUT2D eigenvalue weighted by atomic mass is 32.2. The summed E-state index contributed by atoms with van der Waals surface area (Å²) in [5.41, 5.74) is 1.84. The van der Waals surface area contributed by atoms with Gasteiger partial charge < -0.3 is 10.1 Å². The summed E-state index contributed by atoms with van der Waals surface area (Å²) in [4.78, 5) is 11.3. The van der Waals surface area contributed by atoms with Crippen LogP contribution in [0.25, 0.3) is 0 Å². The van der Waals surface area contributed by atoms with E-state index in [1.165, 1.54) is 18.4 Å². The summed E-state index contributed by atoms with van der Waals surface area (Å²) in [5, 5.41) is 3.46. The van der Waals surface area contributed by atoms with Gasteiger partial charge in [0.15, 0.2) is 0 Å². The summed E-state index contributed by atoms with van der Waals surface area (Å²) in [6, 6.07) is 8.04. The number of rotatable bonds is 2. The van der Waals surface area contributed by atoms with Crippen molar-refractivity contribution < 1.29 is 9.53 Å². The first-order chi connectivity index (χ1) is 7.81. The van der Waals surface area contributed by atoms with Crippen LogP contribution < -0.4 is 5.32 Å². The van der Waals surface area contributed by atoms with Crippen LogP contribution in [0.5, 0.6) is 0 Å². The lowest BCUT2D eigenvalue weighted by atomic mass is 10.1. The maximum absolute atomic E-state index is 11.3. The predicted octanol–water partition coefficient (Wildman–Crippen LogP) is 1.85. The van der Waals surface area contributed by atoms with Gasteiger partial charge in [-0.15, -0.1) is 0 Å². The van der Waals surface area contributed by atoms with Crippen LogP contribution in [0.2, 0.25) is 0 Å². The van der Waals surface area contributed by atoms with Gasteiger partial charge in [-0.3, -0.25) is 0 Å². The summed E-state index contributed by atoms with van der Waals surface area (Å²) in [7, 11) is 1.40. The molecule has 1 N–H and O–H groups in total. The average Bonchev–Trinajstić information content (AvgIpc) is 2.39. The van der Waals surface area contributed by atoms with Gasteiger partial charge in [0.05, 0.1) is 12.7 Å². The number of hydrogen-bond acceptors (Lipinski definition) is 4. The minimum atomic E-state index is -0.280. The van der Waals surface area contributed by atoms with Crippen LogP contribution in [0.4, 0.5) is 0 Å². The Hall–Kier alpha value is -1.00. The summed E-state index contributed by atoms with van der Waals surface area (Å²) in [6.45, 7) is 1.05. The van der Waals surface area contributed by atoms with Gasteiger partial charge in [-0.05, 0) is 17.7 Å². The Labute approximate surface area is 99.6 Å². The Morgan fingerprint density at radius 3 is 2.75 bits per heavy atom. The van der Waals surface area contributed by atoms with Crippen molar-refractivity contribution in [3.05, 3.63) is 35.4 Å². The first kappa shape index (κ1) is 11.5. The quantitative estimate of drug-likeness (QED) is 0.797. The fourth-order valence-electron chi connectivity index (χ4n) is 1.75. The van der Waals surface area contributed by atoms with Crippen LogP contribution in [0.3, 0.4) is 0 Å². The van der Waals surface area contributed by atoms with E-state index in [4.69, 9.17) is 0 Å². The lowest BCUT2D eigenvalue weighted by Crippen LogP contribution is -2.30.